The van der Waals surface area contributed by atoms with E-state index < -0.39 is 16.0 Å². The van der Waals surface area contributed by atoms with Gasteiger partial charge in [0.15, 0.2) is 0 Å². The molecule has 3 aromatic carbocycles. The Labute approximate surface area is 226 Å². The number of carbonyl (C=O) groups excluding carboxylic acids is 1. The highest BCUT2D eigenvalue weighted by Gasteiger charge is 2.23. The van der Waals surface area contributed by atoms with E-state index in [4.69, 9.17) is 10.1 Å². The standard InChI is InChI=1S/C29H30N4O5S/c30-39(37,38)24-12-9-19(10-13-24)15-16-31-28(34)21-6-4-5-20(17-21)27-32-25-18-22(29(35)36)11-14-26(25)33(27)23-7-2-1-3-8-23/h4-6,9-14,17-18,23H,1-3,7-8,15-16H2,(H,31,34)(H,35,36)(H2,30,37,38). The number of sulfonamides is 1. The van der Waals surface area contributed by atoms with Crippen LogP contribution in [-0.4, -0.2) is 41.5 Å². The van der Waals surface area contributed by atoms with Gasteiger partial charge in [0, 0.05) is 23.7 Å². The second-order valence-corrected chi connectivity index (χ2v) is 11.4. The number of aromatic nitrogens is 2. The number of benzene rings is 3. The molecule has 0 spiro atoms. The number of amides is 1. The van der Waals surface area contributed by atoms with E-state index in [0.29, 0.717) is 24.0 Å². The van der Waals surface area contributed by atoms with Crippen molar-refractivity contribution < 1.29 is 23.1 Å². The first kappa shape index (κ1) is 26.6. The Morgan fingerprint density at radius 1 is 0.974 bits per heavy atom. The second kappa shape index (κ2) is 11.0. The van der Waals surface area contributed by atoms with Gasteiger partial charge in [0.05, 0.1) is 21.5 Å². The average Bonchev–Trinajstić information content (AvgIpc) is 3.32. The van der Waals surface area contributed by atoms with Gasteiger partial charge in [-0.25, -0.2) is 23.3 Å². The number of carboxylic acids is 1. The molecule has 1 aliphatic carbocycles. The summed E-state index contributed by atoms with van der Waals surface area (Å²) in [6.07, 6.45) is 6.04. The van der Waals surface area contributed by atoms with Crippen molar-refractivity contribution in [3.8, 4) is 11.4 Å². The number of hydrogen-bond acceptors (Lipinski definition) is 5. The SMILES string of the molecule is NS(=O)(=O)c1ccc(CCNC(=O)c2cccc(-c3nc4cc(C(=O)O)ccc4n3C3CCCCC3)c2)cc1. The molecule has 0 radical (unpaired) electrons. The molecule has 0 atom stereocenters. The maximum Gasteiger partial charge on any atom is 0.335 e. The lowest BCUT2D eigenvalue weighted by Crippen LogP contribution is -2.25. The topological polar surface area (TPSA) is 144 Å². The van der Waals surface area contributed by atoms with E-state index in [1.807, 2.05) is 24.3 Å². The van der Waals surface area contributed by atoms with E-state index in [2.05, 4.69) is 9.88 Å². The van der Waals surface area contributed by atoms with E-state index in [-0.39, 0.29) is 22.4 Å². The average molecular weight is 547 g/mol. The van der Waals surface area contributed by atoms with Crippen molar-refractivity contribution in [1.29, 1.82) is 0 Å². The maximum atomic E-state index is 13.0. The molecule has 0 aliphatic heterocycles. The third-order valence-corrected chi connectivity index (χ3v) is 8.14. The summed E-state index contributed by atoms with van der Waals surface area (Å²) < 4.78 is 25.1. The Bertz CT molecular complexity index is 1640. The van der Waals surface area contributed by atoms with Crippen LogP contribution in [0.3, 0.4) is 0 Å². The molecule has 9 nitrogen and oxygen atoms in total. The van der Waals surface area contributed by atoms with Crippen LogP contribution in [0.1, 0.15) is 64.4 Å². The molecule has 39 heavy (non-hydrogen) atoms. The highest BCUT2D eigenvalue weighted by Crippen LogP contribution is 2.36. The van der Waals surface area contributed by atoms with Gasteiger partial charge in [-0.05, 0) is 67.3 Å². The van der Waals surface area contributed by atoms with Crippen molar-refractivity contribution in [3.05, 3.63) is 83.4 Å². The van der Waals surface area contributed by atoms with Gasteiger partial charge in [-0.3, -0.25) is 4.79 Å². The first-order valence-electron chi connectivity index (χ1n) is 13.0. The molecule has 202 valence electrons. The van der Waals surface area contributed by atoms with Crippen LogP contribution in [0.25, 0.3) is 22.4 Å². The third-order valence-electron chi connectivity index (χ3n) is 7.21. The normalized spacial score (nSPS) is 14.4. The number of aromatic carboxylic acids is 1. The van der Waals surface area contributed by atoms with Gasteiger partial charge in [0.25, 0.3) is 5.91 Å². The van der Waals surface area contributed by atoms with Crippen molar-refractivity contribution in [1.82, 2.24) is 14.9 Å². The van der Waals surface area contributed by atoms with Gasteiger partial charge in [-0.1, -0.05) is 43.5 Å². The lowest BCUT2D eigenvalue weighted by atomic mass is 9.94. The molecular weight excluding hydrogens is 516 g/mol. The Morgan fingerprint density at radius 3 is 2.41 bits per heavy atom. The van der Waals surface area contributed by atoms with Crippen molar-refractivity contribution >= 4 is 32.9 Å². The zero-order valence-corrected chi connectivity index (χ0v) is 22.2. The Hall–Kier alpha value is -4.02. The molecule has 1 aliphatic rings. The number of nitrogens with zero attached hydrogens (tertiary/aromatic N) is 2. The fraction of sp³-hybridized carbons (Fsp3) is 0.276. The van der Waals surface area contributed by atoms with Gasteiger partial charge < -0.3 is 15.0 Å². The summed E-state index contributed by atoms with van der Waals surface area (Å²) in [4.78, 5) is 29.4. The zero-order valence-electron chi connectivity index (χ0n) is 21.3. The molecule has 1 heterocycles. The number of rotatable bonds is 8. The summed E-state index contributed by atoms with van der Waals surface area (Å²) in [6.45, 7) is 0.371. The van der Waals surface area contributed by atoms with Crippen molar-refractivity contribution in [2.45, 2.75) is 49.5 Å². The minimum absolute atomic E-state index is 0.0468. The number of fused-ring (bicyclic) bond motifs is 1. The summed E-state index contributed by atoms with van der Waals surface area (Å²) in [7, 11) is -3.74. The van der Waals surface area contributed by atoms with Crippen LogP contribution in [-0.2, 0) is 16.4 Å². The monoisotopic (exact) mass is 546 g/mol. The van der Waals surface area contributed by atoms with Crippen LogP contribution < -0.4 is 10.5 Å². The number of imidazole rings is 1. The number of primary sulfonamides is 1. The number of nitrogens with two attached hydrogens (primary N) is 1. The van der Waals surface area contributed by atoms with Crippen LogP contribution in [0.15, 0.2) is 71.6 Å². The molecule has 1 fully saturated rings. The van der Waals surface area contributed by atoms with Crippen molar-refractivity contribution in [3.63, 3.8) is 0 Å². The Kier molecular flexibility index (Phi) is 7.49. The van der Waals surface area contributed by atoms with Crippen LogP contribution in [0.5, 0.6) is 0 Å². The predicted molar refractivity (Wildman–Crippen MR) is 148 cm³/mol. The number of nitrogens with one attached hydrogen (secondary N) is 1. The highest BCUT2D eigenvalue weighted by molar-refractivity contribution is 7.89. The van der Waals surface area contributed by atoms with Crippen LogP contribution >= 0.6 is 0 Å². The molecule has 1 aromatic heterocycles. The number of carbonyl (C=O) groups is 2. The van der Waals surface area contributed by atoms with E-state index in [1.165, 1.54) is 18.6 Å². The fourth-order valence-corrected chi connectivity index (χ4v) is 5.73. The van der Waals surface area contributed by atoms with E-state index in [9.17, 15) is 23.1 Å². The van der Waals surface area contributed by atoms with Crippen LogP contribution in [0, 0.1) is 0 Å². The van der Waals surface area contributed by atoms with E-state index >= 15 is 0 Å². The highest BCUT2D eigenvalue weighted by atomic mass is 32.2. The Balaban J connectivity index is 1.38. The molecule has 4 N–H and O–H groups in total. The van der Waals surface area contributed by atoms with Gasteiger partial charge in [0.2, 0.25) is 10.0 Å². The molecule has 0 unspecified atom stereocenters. The number of carboxylic acid groups (broad SMARTS) is 1. The minimum atomic E-state index is -3.74. The second-order valence-electron chi connectivity index (χ2n) is 9.88. The lowest BCUT2D eigenvalue weighted by Gasteiger charge is -2.25. The minimum Gasteiger partial charge on any atom is -0.478 e. The fourth-order valence-electron chi connectivity index (χ4n) is 5.21. The zero-order chi connectivity index (χ0) is 27.6. The molecule has 0 bridgehead atoms. The van der Waals surface area contributed by atoms with E-state index in [0.717, 1.165) is 48.2 Å². The Morgan fingerprint density at radius 2 is 1.72 bits per heavy atom. The summed E-state index contributed by atoms with van der Waals surface area (Å²) in [6, 6.07) is 18.9. The van der Waals surface area contributed by atoms with Gasteiger partial charge in [-0.15, -0.1) is 0 Å². The largest absolute Gasteiger partial charge is 0.478 e. The predicted octanol–water partition coefficient (Wildman–Crippen LogP) is 4.53. The molecule has 0 saturated heterocycles. The quantitative estimate of drug-likeness (QED) is 0.296. The molecular formula is C29H30N4O5S. The molecule has 10 heteroatoms. The first-order chi connectivity index (χ1) is 18.7. The summed E-state index contributed by atoms with van der Waals surface area (Å²) in [5.41, 5.74) is 3.86. The van der Waals surface area contributed by atoms with E-state index in [1.54, 1.807) is 30.3 Å². The molecule has 1 amide bonds. The van der Waals surface area contributed by atoms with Gasteiger partial charge in [0.1, 0.15) is 5.82 Å². The van der Waals surface area contributed by atoms with Gasteiger partial charge in [-0.2, -0.15) is 0 Å². The summed E-state index contributed by atoms with van der Waals surface area (Å²) in [5, 5.41) is 17.5. The van der Waals surface area contributed by atoms with Gasteiger partial charge >= 0.3 is 5.97 Å². The summed E-state index contributed by atoms with van der Waals surface area (Å²) in [5.74, 6) is -0.500. The van der Waals surface area contributed by atoms with Crippen LogP contribution in [0.4, 0.5) is 0 Å². The molecule has 1 saturated carbocycles. The smallest absolute Gasteiger partial charge is 0.335 e. The van der Waals surface area contributed by atoms with Crippen molar-refractivity contribution in [2.24, 2.45) is 5.14 Å². The molecule has 5 rings (SSSR count). The lowest BCUT2D eigenvalue weighted by molar-refractivity contribution is 0.0696. The third kappa shape index (κ3) is 5.86. The van der Waals surface area contributed by atoms with Crippen molar-refractivity contribution in [2.75, 3.05) is 6.54 Å². The molecule has 4 aromatic rings. The first-order valence-corrected chi connectivity index (χ1v) is 14.5. The summed E-state index contributed by atoms with van der Waals surface area (Å²) >= 11 is 0. The maximum absolute atomic E-state index is 13.0. The van der Waals surface area contributed by atoms with Crippen LogP contribution in [0.2, 0.25) is 0 Å². The number of hydrogen-bond donors (Lipinski definition) is 3.